The quantitative estimate of drug-likeness (QED) is 0.182. The molecule has 0 unspecified atom stereocenters. The van der Waals surface area contributed by atoms with E-state index in [1.165, 1.54) is 13.2 Å². The van der Waals surface area contributed by atoms with Crippen molar-refractivity contribution in [1.82, 2.24) is 10.6 Å². The van der Waals surface area contributed by atoms with E-state index in [-0.39, 0.29) is 36.3 Å². The van der Waals surface area contributed by atoms with E-state index < -0.39 is 6.61 Å². The summed E-state index contributed by atoms with van der Waals surface area (Å²) >= 11 is 0. The van der Waals surface area contributed by atoms with Crippen LogP contribution in [0, 0.1) is 0 Å². The summed E-state index contributed by atoms with van der Waals surface area (Å²) in [4.78, 5) is 4.12. The van der Waals surface area contributed by atoms with Crippen LogP contribution in [-0.2, 0) is 16.0 Å². The highest BCUT2D eigenvalue weighted by Gasteiger charge is 2.11. The van der Waals surface area contributed by atoms with Crippen molar-refractivity contribution in [3.63, 3.8) is 0 Å². The van der Waals surface area contributed by atoms with Gasteiger partial charge in [-0.05, 0) is 31.0 Å². The van der Waals surface area contributed by atoms with E-state index in [1.807, 2.05) is 0 Å². The predicted molar refractivity (Wildman–Crippen MR) is 115 cm³/mol. The molecule has 0 spiro atoms. The van der Waals surface area contributed by atoms with Gasteiger partial charge in [0.15, 0.2) is 5.96 Å². The van der Waals surface area contributed by atoms with Crippen molar-refractivity contribution in [1.29, 1.82) is 0 Å². The molecule has 1 aromatic rings. The monoisotopic (exact) mass is 517 g/mol. The zero-order chi connectivity index (χ0) is 19.9. The van der Waals surface area contributed by atoms with Gasteiger partial charge in [-0.1, -0.05) is 0 Å². The molecular weight excluding hydrogens is 487 g/mol. The fourth-order valence-corrected chi connectivity index (χ4v) is 2.21. The van der Waals surface area contributed by atoms with Gasteiger partial charge >= 0.3 is 6.61 Å². The van der Waals surface area contributed by atoms with Crippen LogP contribution >= 0.6 is 24.0 Å². The molecule has 0 aliphatic rings. The van der Waals surface area contributed by atoms with E-state index in [1.54, 1.807) is 26.3 Å². The number of benzene rings is 1. The van der Waals surface area contributed by atoms with Gasteiger partial charge in [0.1, 0.15) is 11.5 Å². The lowest BCUT2D eigenvalue weighted by Crippen LogP contribution is -2.37. The smallest absolute Gasteiger partial charge is 0.387 e. The maximum absolute atomic E-state index is 12.6. The molecule has 0 fully saturated rings. The molecule has 1 aromatic carbocycles. The number of nitrogens with zero attached hydrogens (tertiary/aromatic N) is 1. The van der Waals surface area contributed by atoms with Crippen molar-refractivity contribution in [2.75, 3.05) is 47.6 Å². The Balaban J connectivity index is 0.00000729. The average molecular weight is 517 g/mol. The van der Waals surface area contributed by atoms with Gasteiger partial charge in [-0.15, -0.1) is 24.0 Å². The maximum Gasteiger partial charge on any atom is 0.387 e. The van der Waals surface area contributed by atoms with E-state index >= 15 is 0 Å². The minimum absolute atomic E-state index is 0. The molecule has 0 heterocycles. The van der Waals surface area contributed by atoms with Crippen LogP contribution in [0.15, 0.2) is 23.2 Å². The van der Waals surface area contributed by atoms with Crippen LogP contribution in [0.1, 0.15) is 18.4 Å². The summed E-state index contributed by atoms with van der Waals surface area (Å²) < 4.78 is 45.1. The second-order valence-corrected chi connectivity index (χ2v) is 5.52. The van der Waals surface area contributed by atoms with Crippen LogP contribution in [0.5, 0.6) is 11.5 Å². The number of hydrogen-bond acceptors (Lipinski definition) is 5. The second kappa shape index (κ2) is 16.5. The number of aliphatic imine (C=N–C) groups is 1. The highest BCUT2D eigenvalue weighted by atomic mass is 127. The van der Waals surface area contributed by atoms with Gasteiger partial charge < -0.3 is 29.6 Å². The first-order valence-corrected chi connectivity index (χ1v) is 8.73. The Morgan fingerprint density at radius 3 is 2.54 bits per heavy atom. The summed E-state index contributed by atoms with van der Waals surface area (Å²) in [7, 11) is 4.80. The molecule has 0 atom stereocenters. The van der Waals surface area contributed by atoms with Crippen molar-refractivity contribution in [3.05, 3.63) is 23.8 Å². The lowest BCUT2D eigenvalue weighted by atomic mass is 10.2. The van der Waals surface area contributed by atoms with E-state index in [4.69, 9.17) is 14.2 Å². The maximum atomic E-state index is 12.6. The number of ether oxygens (including phenoxy) is 4. The Bertz CT molecular complexity index is 566. The number of unbranched alkanes of at least 4 members (excludes halogenated alkanes) is 1. The molecule has 0 radical (unpaired) electrons. The van der Waals surface area contributed by atoms with Gasteiger partial charge in [-0.2, -0.15) is 8.78 Å². The number of alkyl halides is 2. The van der Waals surface area contributed by atoms with Crippen LogP contribution < -0.4 is 20.1 Å². The topological polar surface area (TPSA) is 73.3 Å². The Kier molecular flexibility index (Phi) is 15.7. The molecule has 0 bridgehead atoms. The molecule has 0 saturated carbocycles. The lowest BCUT2D eigenvalue weighted by molar-refractivity contribution is -0.0504. The van der Waals surface area contributed by atoms with Crippen molar-refractivity contribution >= 4 is 29.9 Å². The minimum atomic E-state index is -2.89. The fraction of sp³-hybridized carbons (Fsp3) is 0.611. The number of guanidine groups is 1. The third-order valence-electron chi connectivity index (χ3n) is 3.59. The molecule has 0 aliphatic carbocycles. The molecule has 7 nitrogen and oxygen atoms in total. The van der Waals surface area contributed by atoms with Gasteiger partial charge in [0, 0.05) is 39.4 Å². The zero-order valence-electron chi connectivity index (χ0n) is 16.5. The SMILES string of the molecule is CN=C(NCCCCOCCOC)NCc1cc(OC)ccc1OC(F)F.I. The molecule has 162 valence electrons. The normalized spacial score (nSPS) is 11.1. The van der Waals surface area contributed by atoms with Gasteiger partial charge in [0.25, 0.3) is 0 Å². The van der Waals surface area contributed by atoms with Crippen LogP contribution in [0.2, 0.25) is 0 Å². The van der Waals surface area contributed by atoms with Crippen molar-refractivity contribution < 1.29 is 27.7 Å². The summed E-state index contributed by atoms with van der Waals surface area (Å²) in [6.07, 6.45) is 1.82. The fourth-order valence-electron chi connectivity index (χ4n) is 2.21. The first kappa shape index (κ1) is 26.6. The van der Waals surface area contributed by atoms with Crippen LogP contribution in [0.3, 0.4) is 0 Å². The molecule has 0 aromatic heterocycles. The van der Waals surface area contributed by atoms with E-state index in [2.05, 4.69) is 20.4 Å². The minimum Gasteiger partial charge on any atom is -0.497 e. The third kappa shape index (κ3) is 11.4. The Labute approximate surface area is 182 Å². The Morgan fingerprint density at radius 1 is 1.11 bits per heavy atom. The summed E-state index contributed by atoms with van der Waals surface area (Å²) in [5.41, 5.74) is 0.546. The van der Waals surface area contributed by atoms with Gasteiger partial charge in [-0.25, -0.2) is 0 Å². The average Bonchev–Trinajstić information content (AvgIpc) is 2.66. The van der Waals surface area contributed by atoms with E-state index in [0.29, 0.717) is 43.6 Å². The van der Waals surface area contributed by atoms with Crippen LogP contribution in [0.4, 0.5) is 8.78 Å². The van der Waals surface area contributed by atoms with Crippen LogP contribution in [-0.4, -0.2) is 60.2 Å². The lowest BCUT2D eigenvalue weighted by Gasteiger charge is -2.15. The van der Waals surface area contributed by atoms with Crippen molar-refractivity contribution in [2.24, 2.45) is 4.99 Å². The molecular formula is C18H30F2IN3O4. The summed E-state index contributed by atoms with van der Waals surface area (Å²) in [5, 5.41) is 6.25. The van der Waals surface area contributed by atoms with Crippen molar-refractivity contribution in [3.8, 4) is 11.5 Å². The highest BCUT2D eigenvalue weighted by Crippen LogP contribution is 2.25. The number of hydrogen-bond donors (Lipinski definition) is 2. The molecule has 10 heteroatoms. The highest BCUT2D eigenvalue weighted by molar-refractivity contribution is 14.0. The zero-order valence-corrected chi connectivity index (χ0v) is 18.8. The van der Waals surface area contributed by atoms with E-state index in [0.717, 1.165) is 12.8 Å². The number of methoxy groups -OCH3 is 2. The van der Waals surface area contributed by atoms with Gasteiger partial charge in [0.05, 0.1) is 20.3 Å². The third-order valence-corrected chi connectivity index (χ3v) is 3.59. The van der Waals surface area contributed by atoms with E-state index in [9.17, 15) is 8.78 Å². The summed E-state index contributed by atoms with van der Waals surface area (Å²) in [5.74, 6) is 1.23. The Morgan fingerprint density at radius 2 is 1.89 bits per heavy atom. The largest absolute Gasteiger partial charge is 0.497 e. The predicted octanol–water partition coefficient (Wildman–Crippen LogP) is 3.02. The first-order chi connectivity index (χ1) is 13.1. The summed E-state index contributed by atoms with van der Waals surface area (Å²) in [6.45, 7) is -0.0478. The van der Waals surface area contributed by atoms with Crippen molar-refractivity contribution in [2.45, 2.75) is 26.0 Å². The number of halogens is 3. The molecule has 2 N–H and O–H groups in total. The molecule has 0 amide bonds. The Hall–Kier alpha value is -1.40. The number of nitrogens with one attached hydrogen (secondary N) is 2. The number of rotatable bonds is 13. The molecule has 1 rings (SSSR count). The molecule has 0 saturated heterocycles. The van der Waals surface area contributed by atoms with Crippen LogP contribution in [0.25, 0.3) is 0 Å². The van der Waals surface area contributed by atoms with Gasteiger partial charge in [-0.3, -0.25) is 4.99 Å². The van der Waals surface area contributed by atoms with Gasteiger partial charge in [0.2, 0.25) is 0 Å². The standard InChI is InChI=1S/C18H29F2N3O4.HI/c1-21-18(22-8-4-5-9-26-11-10-24-2)23-13-14-12-15(25-3)6-7-16(14)27-17(19)20;/h6-7,12,17H,4-5,8-11,13H2,1-3H3,(H2,21,22,23);1H. The molecule has 0 aliphatic heterocycles. The second-order valence-electron chi connectivity index (χ2n) is 5.52. The first-order valence-electron chi connectivity index (χ1n) is 8.73. The molecule has 28 heavy (non-hydrogen) atoms. The summed E-state index contributed by atoms with van der Waals surface area (Å²) in [6, 6.07) is 4.68.